The number of hydrogen-bond acceptors (Lipinski definition) is 1. The van der Waals surface area contributed by atoms with Crippen LogP contribution in [-0.4, -0.2) is 9.78 Å². The van der Waals surface area contributed by atoms with E-state index < -0.39 is 0 Å². The average molecular weight is 375 g/mol. The van der Waals surface area contributed by atoms with Crippen LogP contribution >= 0.6 is 0 Å². The van der Waals surface area contributed by atoms with Gasteiger partial charge in [-0.1, -0.05) is 81.2 Å². The predicted molar refractivity (Wildman–Crippen MR) is 119 cm³/mol. The molecule has 1 aromatic carbocycles. The van der Waals surface area contributed by atoms with Crippen molar-refractivity contribution >= 4 is 5.57 Å². The average Bonchev–Trinajstić information content (AvgIpc) is 3.07. The number of allylic oxidation sites excluding steroid dienone is 4. The van der Waals surface area contributed by atoms with E-state index in [1.807, 2.05) is 0 Å². The van der Waals surface area contributed by atoms with Crippen LogP contribution in [0.4, 0.5) is 0 Å². The zero-order chi connectivity index (χ0) is 19.3. The van der Waals surface area contributed by atoms with Gasteiger partial charge in [0.1, 0.15) is 0 Å². The summed E-state index contributed by atoms with van der Waals surface area (Å²) in [5, 5.41) is 5.17. The molecule has 2 heteroatoms. The van der Waals surface area contributed by atoms with Gasteiger partial charge in [0, 0.05) is 17.8 Å². The second-order valence-electron chi connectivity index (χ2n) is 8.69. The van der Waals surface area contributed by atoms with Crippen molar-refractivity contribution in [3.8, 4) is 11.1 Å². The minimum Gasteiger partial charge on any atom is -0.268 e. The van der Waals surface area contributed by atoms with Gasteiger partial charge in [-0.2, -0.15) is 5.10 Å². The second-order valence-corrected chi connectivity index (χ2v) is 8.69. The summed E-state index contributed by atoms with van der Waals surface area (Å²) in [7, 11) is 0. The number of rotatable bonds is 6. The Balaban J connectivity index is 1.61. The summed E-state index contributed by atoms with van der Waals surface area (Å²) in [6.45, 7) is 5.66. The summed E-state index contributed by atoms with van der Waals surface area (Å²) < 4.78 is 2.32. The molecular formula is C26H34N2. The Morgan fingerprint density at radius 2 is 1.79 bits per heavy atom. The molecule has 1 aromatic heterocycles. The Hall–Kier alpha value is -2.09. The first kappa shape index (κ1) is 19.2. The fourth-order valence-corrected chi connectivity index (χ4v) is 5.05. The first-order chi connectivity index (χ1) is 13.8. The Morgan fingerprint density at radius 3 is 2.46 bits per heavy atom. The van der Waals surface area contributed by atoms with Crippen molar-refractivity contribution in [1.82, 2.24) is 9.78 Å². The maximum absolute atomic E-state index is 5.17. The van der Waals surface area contributed by atoms with Crippen molar-refractivity contribution in [3.05, 3.63) is 59.9 Å². The summed E-state index contributed by atoms with van der Waals surface area (Å²) in [4.78, 5) is 0. The van der Waals surface area contributed by atoms with Gasteiger partial charge in [0.2, 0.25) is 0 Å². The molecule has 2 nitrogen and oxygen atoms in total. The van der Waals surface area contributed by atoms with Crippen molar-refractivity contribution in [2.45, 2.75) is 71.8 Å². The Morgan fingerprint density at radius 1 is 1.04 bits per heavy atom. The molecule has 28 heavy (non-hydrogen) atoms. The molecule has 0 radical (unpaired) electrons. The first-order valence-electron chi connectivity index (χ1n) is 11.2. The lowest BCUT2D eigenvalue weighted by molar-refractivity contribution is 0.235. The highest BCUT2D eigenvalue weighted by Crippen LogP contribution is 2.37. The zero-order valence-corrected chi connectivity index (χ0v) is 17.5. The van der Waals surface area contributed by atoms with Crippen LogP contribution in [-0.2, 0) is 6.54 Å². The van der Waals surface area contributed by atoms with Crippen LogP contribution in [0, 0.1) is 18.8 Å². The van der Waals surface area contributed by atoms with Gasteiger partial charge in [-0.05, 0) is 55.6 Å². The van der Waals surface area contributed by atoms with Crippen LogP contribution < -0.4 is 0 Å². The molecular weight excluding hydrogens is 340 g/mol. The lowest BCUT2D eigenvalue weighted by Gasteiger charge is -2.28. The first-order valence-corrected chi connectivity index (χ1v) is 11.2. The van der Waals surface area contributed by atoms with Gasteiger partial charge in [0.25, 0.3) is 0 Å². The zero-order valence-electron chi connectivity index (χ0n) is 17.5. The Bertz CT molecular complexity index is 833. The molecule has 1 fully saturated rings. The molecule has 0 spiro atoms. The third kappa shape index (κ3) is 4.16. The van der Waals surface area contributed by atoms with Gasteiger partial charge in [0.05, 0.1) is 5.69 Å². The van der Waals surface area contributed by atoms with E-state index in [-0.39, 0.29) is 0 Å². The normalized spacial score (nSPS) is 22.3. The number of benzene rings is 1. The van der Waals surface area contributed by atoms with Crippen molar-refractivity contribution in [3.63, 3.8) is 0 Å². The van der Waals surface area contributed by atoms with E-state index in [1.165, 1.54) is 66.6 Å². The van der Waals surface area contributed by atoms with Gasteiger partial charge in [0.15, 0.2) is 0 Å². The maximum atomic E-state index is 5.17. The van der Waals surface area contributed by atoms with Gasteiger partial charge >= 0.3 is 0 Å². The summed E-state index contributed by atoms with van der Waals surface area (Å²) in [5.41, 5.74) is 6.54. The number of nitrogens with zero attached hydrogens (tertiary/aromatic N) is 2. The molecule has 148 valence electrons. The summed E-state index contributed by atoms with van der Waals surface area (Å²) in [6.07, 6.45) is 17.2. The summed E-state index contributed by atoms with van der Waals surface area (Å²) in [5.74, 6) is 1.75. The maximum Gasteiger partial charge on any atom is 0.0964 e. The van der Waals surface area contributed by atoms with Crippen molar-refractivity contribution in [1.29, 1.82) is 0 Å². The van der Waals surface area contributed by atoms with Crippen LogP contribution in [0.1, 0.15) is 69.7 Å². The molecule has 0 saturated heterocycles. The fourth-order valence-electron chi connectivity index (χ4n) is 5.05. The van der Waals surface area contributed by atoms with E-state index in [1.54, 1.807) is 0 Å². The van der Waals surface area contributed by atoms with Gasteiger partial charge < -0.3 is 0 Å². The quantitative estimate of drug-likeness (QED) is 0.523. The molecule has 2 aliphatic carbocycles. The van der Waals surface area contributed by atoms with Crippen molar-refractivity contribution in [2.24, 2.45) is 11.8 Å². The van der Waals surface area contributed by atoms with Gasteiger partial charge in [-0.3, -0.25) is 4.68 Å². The standard InChI is InChI=1S/C26H34N2/c1-3-10-21-15-17-22(18-16-21)19-28-20(2)25(23-11-6-4-7-12-23)26(27-28)24-13-8-5-9-14-24/h4-8,11-13,21-22H,3,9-10,14-19H2,1-2H3. The van der Waals surface area contributed by atoms with Crippen LogP contribution in [0.5, 0.6) is 0 Å². The largest absolute Gasteiger partial charge is 0.268 e. The third-order valence-corrected chi connectivity index (χ3v) is 6.68. The highest BCUT2D eigenvalue weighted by atomic mass is 15.3. The molecule has 0 unspecified atom stereocenters. The van der Waals surface area contributed by atoms with Crippen LogP contribution in [0.2, 0.25) is 0 Å². The molecule has 0 aliphatic heterocycles. The fraction of sp³-hybridized carbons (Fsp3) is 0.500. The van der Waals surface area contributed by atoms with E-state index >= 15 is 0 Å². The Labute approximate surface area is 170 Å². The molecule has 0 N–H and O–H groups in total. The molecule has 4 rings (SSSR count). The monoisotopic (exact) mass is 374 g/mol. The highest BCUT2D eigenvalue weighted by Gasteiger charge is 2.24. The van der Waals surface area contributed by atoms with E-state index in [4.69, 9.17) is 5.10 Å². The van der Waals surface area contributed by atoms with Crippen LogP contribution in [0.3, 0.4) is 0 Å². The highest BCUT2D eigenvalue weighted by molar-refractivity contribution is 5.81. The van der Waals surface area contributed by atoms with E-state index in [0.29, 0.717) is 0 Å². The van der Waals surface area contributed by atoms with E-state index in [2.05, 4.69) is 67.1 Å². The van der Waals surface area contributed by atoms with Gasteiger partial charge in [-0.25, -0.2) is 0 Å². The molecule has 1 saturated carbocycles. The lowest BCUT2D eigenvalue weighted by atomic mass is 9.80. The number of aromatic nitrogens is 2. The molecule has 0 bridgehead atoms. The second kappa shape index (κ2) is 8.94. The Kier molecular flexibility index (Phi) is 6.14. The van der Waals surface area contributed by atoms with Crippen LogP contribution in [0.25, 0.3) is 16.7 Å². The van der Waals surface area contributed by atoms with Crippen molar-refractivity contribution in [2.75, 3.05) is 0 Å². The van der Waals surface area contributed by atoms with Crippen molar-refractivity contribution < 1.29 is 0 Å². The molecule has 2 aliphatic rings. The molecule has 0 amide bonds. The van der Waals surface area contributed by atoms with E-state index in [9.17, 15) is 0 Å². The smallest absolute Gasteiger partial charge is 0.0964 e. The molecule has 2 aromatic rings. The lowest BCUT2D eigenvalue weighted by Crippen LogP contribution is -2.20. The minimum absolute atomic E-state index is 0.781. The SMILES string of the molecule is CCCC1CCC(Cn2nc(C3=CC=CCC3)c(-c3ccccc3)c2C)CC1. The molecule has 0 atom stereocenters. The summed E-state index contributed by atoms with van der Waals surface area (Å²) in [6, 6.07) is 10.8. The topological polar surface area (TPSA) is 17.8 Å². The summed E-state index contributed by atoms with van der Waals surface area (Å²) >= 11 is 0. The van der Waals surface area contributed by atoms with Crippen LogP contribution in [0.15, 0.2) is 48.6 Å². The van der Waals surface area contributed by atoms with E-state index in [0.717, 1.165) is 31.2 Å². The predicted octanol–water partition coefficient (Wildman–Crippen LogP) is 7.20. The van der Waals surface area contributed by atoms with Gasteiger partial charge in [-0.15, -0.1) is 0 Å². The number of hydrogen-bond donors (Lipinski definition) is 0. The molecule has 1 heterocycles. The third-order valence-electron chi connectivity index (χ3n) is 6.68. The minimum atomic E-state index is 0.781.